The molecule has 0 fully saturated rings. The molecule has 1 aliphatic carbocycles. The van der Waals surface area contributed by atoms with Crippen LogP contribution in [0.5, 0.6) is 0 Å². The Balaban J connectivity index is 1.10. The van der Waals surface area contributed by atoms with Gasteiger partial charge in [0.2, 0.25) is 0 Å². The van der Waals surface area contributed by atoms with Crippen molar-refractivity contribution in [1.29, 1.82) is 0 Å². The Morgan fingerprint density at radius 1 is 0.413 bits per heavy atom. The number of benzene rings is 10. The summed E-state index contributed by atoms with van der Waals surface area (Å²) in [5.74, 6) is 0. The summed E-state index contributed by atoms with van der Waals surface area (Å²) < 4.78 is 167. The van der Waals surface area contributed by atoms with Crippen molar-refractivity contribution in [3.8, 4) is 55.6 Å². The predicted molar refractivity (Wildman–Crippen MR) is 265 cm³/mol. The number of furan rings is 1. The van der Waals surface area contributed by atoms with E-state index >= 15 is 0 Å². The van der Waals surface area contributed by atoms with Crippen molar-refractivity contribution >= 4 is 49.8 Å². The summed E-state index contributed by atoms with van der Waals surface area (Å²) in [5.41, 5.74) is 5.09. The normalized spacial score (nSPS) is 16.7. The molecule has 1 aliphatic rings. The van der Waals surface area contributed by atoms with Crippen LogP contribution in [0, 0.1) is 0 Å². The van der Waals surface area contributed by atoms with Crippen molar-refractivity contribution in [2.45, 2.75) is 19.3 Å². The van der Waals surface area contributed by atoms with Gasteiger partial charge in [0.25, 0.3) is 0 Å². The van der Waals surface area contributed by atoms with Crippen LogP contribution in [0.3, 0.4) is 0 Å². The third-order valence-corrected chi connectivity index (χ3v) is 12.0. The predicted octanol–water partition coefficient (Wildman–Crippen LogP) is 17.2. The fourth-order valence-corrected chi connectivity index (χ4v) is 8.86. The maximum absolute atomic E-state index is 10.0. The second kappa shape index (κ2) is 14.6. The summed E-state index contributed by atoms with van der Waals surface area (Å²) in [5, 5.41) is 1.19. The topological polar surface area (TPSA) is 16.4 Å². The highest BCUT2D eigenvalue weighted by molar-refractivity contribution is 6.23. The van der Waals surface area contributed by atoms with Gasteiger partial charge in [0, 0.05) is 33.2 Å². The lowest BCUT2D eigenvalue weighted by Gasteiger charge is -2.28. The van der Waals surface area contributed by atoms with Gasteiger partial charge in [-0.2, -0.15) is 0 Å². The Hall–Kier alpha value is -7.94. The molecule has 0 atom stereocenters. The monoisotopic (exact) mass is 823 g/mol. The van der Waals surface area contributed by atoms with Crippen molar-refractivity contribution in [3.05, 3.63) is 235 Å². The molecular formula is C61H43NO. The van der Waals surface area contributed by atoms with Crippen LogP contribution >= 0.6 is 0 Å². The number of hydrogen-bond acceptors (Lipinski definition) is 2. The summed E-state index contributed by atoms with van der Waals surface area (Å²) in [6, 6.07) is 25.3. The van der Waals surface area contributed by atoms with Gasteiger partial charge in [-0.15, -0.1) is 0 Å². The van der Waals surface area contributed by atoms with E-state index in [0.29, 0.717) is 38.5 Å². The van der Waals surface area contributed by atoms with Gasteiger partial charge in [-0.3, -0.25) is 0 Å². The molecule has 0 aliphatic heterocycles. The first-order valence-corrected chi connectivity index (χ1v) is 20.3. The van der Waals surface area contributed by atoms with E-state index in [-0.39, 0.29) is 104 Å². The van der Waals surface area contributed by atoms with Gasteiger partial charge in [0.05, 0.1) is 24.7 Å². The minimum Gasteiger partial charge on any atom is -0.456 e. The molecular weight excluding hydrogens is 763 g/mol. The highest BCUT2D eigenvalue weighted by Crippen LogP contribution is 2.51. The first kappa shape index (κ1) is 22.8. The lowest BCUT2D eigenvalue weighted by Crippen LogP contribution is -2.16. The summed E-state index contributed by atoms with van der Waals surface area (Å²) in [6.07, 6.45) is 0. The van der Waals surface area contributed by atoms with Crippen LogP contribution in [-0.4, -0.2) is 0 Å². The molecule has 2 heteroatoms. The Bertz CT molecular complexity index is 4500. The molecule has 0 saturated heterocycles. The van der Waals surface area contributed by atoms with Crippen LogP contribution in [0.25, 0.3) is 88.3 Å². The maximum Gasteiger partial charge on any atom is 0.136 e. The molecule has 0 saturated carbocycles. The van der Waals surface area contributed by atoms with Crippen molar-refractivity contribution in [2.24, 2.45) is 0 Å². The van der Waals surface area contributed by atoms with Crippen molar-refractivity contribution in [2.75, 3.05) is 4.90 Å². The minimum absolute atomic E-state index is 0.00889. The number of nitrogens with zero attached hydrogens (tertiary/aromatic N) is 1. The molecule has 63 heavy (non-hydrogen) atoms. The molecule has 298 valence electrons. The van der Waals surface area contributed by atoms with Crippen LogP contribution < -0.4 is 4.90 Å². The van der Waals surface area contributed by atoms with Gasteiger partial charge < -0.3 is 9.32 Å². The average Bonchev–Trinajstić information content (AvgIpc) is 4.22. The summed E-state index contributed by atoms with van der Waals surface area (Å²) in [7, 11) is 0. The van der Waals surface area contributed by atoms with Gasteiger partial charge in [0.1, 0.15) is 11.2 Å². The van der Waals surface area contributed by atoms with Crippen molar-refractivity contribution in [3.63, 3.8) is 0 Å². The second-order valence-corrected chi connectivity index (χ2v) is 15.9. The standard InChI is InChI=1S/C61H43NO/c1-61(2)55-20-12-11-19-52(55)53-35-34-50(39-56(53)61)62(48-30-25-43(26-31-48)41-15-7-4-8-16-41)49-32-27-46(28-33-49)54-37-47(44-23-21-42(22-24-44)40-13-5-3-6-14-40)38-58-60(54)59-51-18-10-9-17-45(51)29-36-57(59)63-58/h3-39H,1-2H3/i3D,4D,5D,6D,7D,8D,13D,14D,15D,16D,17D,29D,30D,31D,32D,33D,36D,38D. The molecule has 0 amide bonds. The summed E-state index contributed by atoms with van der Waals surface area (Å²) in [4.78, 5) is 1.49. The van der Waals surface area contributed by atoms with E-state index in [0.717, 1.165) is 22.3 Å². The number of fused-ring (bicyclic) bond motifs is 8. The Morgan fingerprint density at radius 2 is 1.02 bits per heavy atom. The van der Waals surface area contributed by atoms with E-state index in [1.165, 1.54) is 35.2 Å². The highest BCUT2D eigenvalue weighted by atomic mass is 16.3. The third kappa shape index (κ3) is 6.17. The zero-order chi connectivity index (χ0) is 57.7. The Labute approximate surface area is 393 Å². The zero-order valence-corrected chi connectivity index (χ0v) is 33.8. The lowest BCUT2D eigenvalue weighted by molar-refractivity contribution is 0.660. The molecule has 1 heterocycles. The smallest absolute Gasteiger partial charge is 0.136 e. The third-order valence-electron chi connectivity index (χ3n) is 12.0. The fourth-order valence-electron chi connectivity index (χ4n) is 8.86. The van der Waals surface area contributed by atoms with E-state index < -0.39 is 65.8 Å². The van der Waals surface area contributed by atoms with Crippen LogP contribution in [0.1, 0.15) is 49.6 Å². The number of rotatable bonds is 7. The van der Waals surface area contributed by atoms with Gasteiger partial charge in [-0.05, 0) is 132 Å². The maximum atomic E-state index is 10.0. The van der Waals surface area contributed by atoms with E-state index in [9.17, 15) is 8.22 Å². The van der Waals surface area contributed by atoms with Gasteiger partial charge >= 0.3 is 0 Å². The van der Waals surface area contributed by atoms with Gasteiger partial charge in [0.15, 0.2) is 0 Å². The van der Waals surface area contributed by atoms with E-state index in [1.54, 1.807) is 48.5 Å². The van der Waals surface area contributed by atoms with Gasteiger partial charge in [-0.1, -0.05) is 183 Å². The molecule has 2 nitrogen and oxygen atoms in total. The van der Waals surface area contributed by atoms with Crippen molar-refractivity contribution < 1.29 is 29.1 Å². The Morgan fingerprint density at radius 3 is 1.71 bits per heavy atom. The molecule has 0 radical (unpaired) electrons. The first-order chi connectivity index (χ1) is 38.4. The molecule has 12 rings (SSSR count). The summed E-state index contributed by atoms with van der Waals surface area (Å²) in [6.45, 7) is 4.17. The minimum atomic E-state index is -0.596. The van der Waals surface area contributed by atoms with Crippen LogP contribution in [-0.2, 0) is 5.41 Å². The van der Waals surface area contributed by atoms with Crippen LogP contribution in [0.2, 0.25) is 0 Å². The number of anilines is 3. The molecule has 1 aromatic heterocycles. The first-order valence-electron chi connectivity index (χ1n) is 29.3. The molecule has 0 bridgehead atoms. The van der Waals surface area contributed by atoms with Gasteiger partial charge in [-0.25, -0.2) is 0 Å². The highest BCUT2D eigenvalue weighted by Gasteiger charge is 2.35. The molecule has 0 spiro atoms. The molecule has 0 unspecified atom stereocenters. The van der Waals surface area contributed by atoms with E-state index in [1.807, 2.05) is 30.3 Å². The van der Waals surface area contributed by atoms with Crippen LogP contribution in [0.4, 0.5) is 17.1 Å². The van der Waals surface area contributed by atoms with Crippen molar-refractivity contribution in [1.82, 2.24) is 0 Å². The molecule has 10 aromatic carbocycles. The van der Waals surface area contributed by atoms with E-state index in [2.05, 4.69) is 19.9 Å². The molecule has 0 N–H and O–H groups in total. The summed E-state index contributed by atoms with van der Waals surface area (Å²) >= 11 is 0. The fraction of sp³-hybridized carbons (Fsp3) is 0.0492. The molecule has 11 aromatic rings. The SMILES string of the molecule is [2H]c1cc(-c2c([2H])c([2H])c([2H])c([2H])c2[2H])cc([2H])c1N(c1ccc2c(c1)C(C)(C)c1ccccc1-2)c1c([2H])cc(-c2cc(-c3ccc(-c4c([2H])c([2H])c([2H])c([2H])c4[2H])cc3)c([2H])c3oc4c([2H])c([2H])c5c([2H])cccc5c4c23)cc1[2H]. The zero-order valence-electron chi connectivity index (χ0n) is 51.8. The van der Waals surface area contributed by atoms with E-state index in [4.69, 9.17) is 20.9 Å². The second-order valence-electron chi connectivity index (χ2n) is 15.9. The number of hydrogen-bond donors (Lipinski definition) is 0. The largest absolute Gasteiger partial charge is 0.456 e. The average molecular weight is 824 g/mol. The van der Waals surface area contributed by atoms with Crippen LogP contribution in [0.15, 0.2) is 228 Å². The quantitative estimate of drug-likeness (QED) is 0.159. The lowest BCUT2D eigenvalue weighted by atomic mass is 9.82. The Kier molecular flexibility index (Phi) is 5.28.